The average Bonchev–Trinajstić information content (AvgIpc) is 2.39. The Labute approximate surface area is 145 Å². The number of guanidine groups is 1. The number of halogens is 1. The number of nitrogens with one attached hydrogen (secondary N) is 1. The summed E-state index contributed by atoms with van der Waals surface area (Å²) in [4.78, 5) is 19.9. The minimum atomic E-state index is 0. The molecule has 0 radical (unpaired) electrons. The van der Waals surface area contributed by atoms with Gasteiger partial charge in [-0.2, -0.15) is 0 Å². The number of likely N-dealkylation sites (N-methyl/N-ethyl adjacent to an activating group) is 1. The monoisotopic (exact) mass is 408 g/mol. The van der Waals surface area contributed by atoms with E-state index < -0.39 is 0 Å². The lowest BCUT2D eigenvalue weighted by molar-refractivity contribution is -0.127. The summed E-state index contributed by atoms with van der Waals surface area (Å²) in [5.41, 5.74) is 1.06. The van der Waals surface area contributed by atoms with Gasteiger partial charge in [0.1, 0.15) is 6.54 Å². The van der Waals surface area contributed by atoms with Gasteiger partial charge in [-0.05, 0) is 25.7 Å². The molecule has 1 saturated heterocycles. The van der Waals surface area contributed by atoms with Crippen LogP contribution in [0.2, 0.25) is 0 Å². The van der Waals surface area contributed by atoms with E-state index >= 15 is 0 Å². The molecule has 1 heterocycles. The van der Waals surface area contributed by atoms with Crippen molar-refractivity contribution in [1.29, 1.82) is 0 Å². The Hall–Kier alpha value is -0.790. The molecule has 6 heteroatoms. The first-order valence-electron chi connectivity index (χ1n) is 7.28. The highest BCUT2D eigenvalue weighted by atomic mass is 127. The molecule has 122 valence electrons. The van der Waals surface area contributed by atoms with Gasteiger partial charge in [0.05, 0.1) is 0 Å². The molecule has 1 aliphatic heterocycles. The molecule has 1 N–H and O–H groups in total. The van der Waals surface area contributed by atoms with E-state index in [1.54, 1.807) is 19.0 Å². The molecule has 0 bridgehead atoms. The molecule has 0 aromatic carbocycles. The molecule has 1 rings (SSSR count). The maximum absolute atomic E-state index is 11.7. The van der Waals surface area contributed by atoms with Crippen LogP contribution in [0.1, 0.15) is 26.7 Å². The zero-order valence-corrected chi connectivity index (χ0v) is 16.0. The highest BCUT2D eigenvalue weighted by molar-refractivity contribution is 14.0. The molecule has 0 aliphatic carbocycles. The summed E-state index contributed by atoms with van der Waals surface area (Å²) in [7, 11) is 3.50. The lowest BCUT2D eigenvalue weighted by atomic mass is 9.99. The van der Waals surface area contributed by atoms with Crippen molar-refractivity contribution in [2.45, 2.75) is 26.7 Å². The van der Waals surface area contributed by atoms with Crippen molar-refractivity contribution in [3.63, 3.8) is 0 Å². The molecule has 21 heavy (non-hydrogen) atoms. The summed E-state index contributed by atoms with van der Waals surface area (Å²) in [5.74, 6) is 1.62. The fourth-order valence-electron chi connectivity index (χ4n) is 2.00. The van der Waals surface area contributed by atoms with Crippen LogP contribution < -0.4 is 5.32 Å². The first-order valence-corrected chi connectivity index (χ1v) is 7.28. The van der Waals surface area contributed by atoms with E-state index in [9.17, 15) is 4.79 Å². The Balaban J connectivity index is 0.00000400. The molecule has 0 unspecified atom stereocenters. The minimum absolute atomic E-state index is 0. The summed E-state index contributed by atoms with van der Waals surface area (Å²) in [6.45, 7) is 11.0. The van der Waals surface area contributed by atoms with E-state index in [1.807, 2.05) is 6.92 Å². The normalized spacial score (nSPS) is 16.2. The van der Waals surface area contributed by atoms with Gasteiger partial charge in [-0.1, -0.05) is 19.1 Å². The Bertz CT molecular complexity index is 374. The van der Waals surface area contributed by atoms with E-state index in [0.29, 0.717) is 6.54 Å². The van der Waals surface area contributed by atoms with Crippen molar-refractivity contribution < 1.29 is 4.79 Å². The topological polar surface area (TPSA) is 47.9 Å². The number of aliphatic imine (C=N–C) groups is 1. The van der Waals surface area contributed by atoms with Crippen LogP contribution in [-0.2, 0) is 4.79 Å². The van der Waals surface area contributed by atoms with Crippen molar-refractivity contribution in [1.82, 2.24) is 15.1 Å². The summed E-state index contributed by atoms with van der Waals surface area (Å²) in [6.07, 6.45) is 2.35. The summed E-state index contributed by atoms with van der Waals surface area (Å²) in [6, 6.07) is 0. The van der Waals surface area contributed by atoms with Crippen LogP contribution in [0.4, 0.5) is 0 Å². The Morgan fingerprint density at radius 3 is 2.43 bits per heavy atom. The molecule has 0 saturated carbocycles. The molecule has 1 aliphatic rings. The van der Waals surface area contributed by atoms with Gasteiger partial charge >= 0.3 is 0 Å². The molecule has 1 amide bonds. The first-order chi connectivity index (χ1) is 9.40. The lowest BCUT2D eigenvalue weighted by Gasteiger charge is -2.33. The maximum Gasteiger partial charge on any atom is 0.243 e. The SMILES string of the molecule is C=C(C)CNC(=NCC(=O)N(C)C)N1CCC(C)CC1.I. The molecule has 1 fully saturated rings. The number of carbonyl (C=O) groups excluding carboxylic acids is 1. The van der Waals surface area contributed by atoms with Crippen LogP contribution >= 0.6 is 24.0 Å². The van der Waals surface area contributed by atoms with Crippen molar-refractivity contribution in [3.8, 4) is 0 Å². The molecule has 0 aromatic rings. The first kappa shape index (κ1) is 20.2. The fourth-order valence-corrected chi connectivity index (χ4v) is 2.00. The van der Waals surface area contributed by atoms with Crippen molar-refractivity contribution in [3.05, 3.63) is 12.2 Å². The Morgan fingerprint density at radius 2 is 1.95 bits per heavy atom. The van der Waals surface area contributed by atoms with Gasteiger partial charge in [0.25, 0.3) is 0 Å². The molecular weight excluding hydrogens is 379 g/mol. The van der Waals surface area contributed by atoms with Crippen molar-refractivity contribution >= 4 is 35.8 Å². The average molecular weight is 408 g/mol. The van der Waals surface area contributed by atoms with Crippen LogP contribution in [0.25, 0.3) is 0 Å². The highest BCUT2D eigenvalue weighted by Gasteiger charge is 2.19. The lowest BCUT2D eigenvalue weighted by Crippen LogP contribution is -2.46. The van der Waals surface area contributed by atoms with E-state index in [4.69, 9.17) is 0 Å². The Kier molecular flexibility index (Phi) is 9.65. The summed E-state index contributed by atoms with van der Waals surface area (Å²) < 4.78 is 0. The van der Waals surface area contributed by atoms with Crippen LogP contribution in [0.15, 0.2) is 17.1 Å². The summed E-state index contributed by atoms with van der Waals surface area (Å²) >= 11 is 0. The molecule has 0 spiro atoms. The van der Waals surface area contributed by atoms with Gasteiger partial charge in [0.15, 0.2) is 5.96 Å². The minimum Gasteiger partial charge on any atom is -0.353 e. The van der Waals surface area contributed by atoms with Gasteiger partial charge in [0.2, 0.25) is 5.91 Å². The third-order valence-electron chi connectivity index (χ3n) is 3.49. The van der Waals surface area contributed by atoms with E-state index in [0.717, 1.165) is 30.5 Å². The largest absolute Gasteiger partial charge is 0.353 e. The maximum atomic E-state index is 11.7. The molecule has 0 aromatic heterocycles. The second-order valence-electron chi connectivity index (χ2n) is 5.91. The quantitative estimate of drug-likeness (QED) is 0.335. The smallest absolute Gasteiger partial charge is 0.243 e. The van der Waals surface area contributed by atoms with E-state index in [2.05, 4.69) is 28.7 Å². The number of likely N-dealkylation sites (tertiary alicyclic amines) is 1. The number of piperidine rings is 1. The number of hydrogen-bond acceptors (Lipinski definition) is 2. The van der Waals surface area contributed by atoms with Gasteiger partial charge in [0, 0.05) is 33.7 Å². The zero-order chi connectivity index (χ0) is 15.1. The predicted molar refractivity (Wildman–Crippen MR) is 99.2 cm³/mol. The van der Waals surface area contributed by atoms with Crippen molar-refractivity contribution in [2.24, 2.45) is 10.9 Å². The molecule has 5 nitrogen and oxygen atoms in total. The zero-order valence-electron chi connectivity index (χ0n) is 13.7. The number of carbonyl (C=O) groups is 1. The second kappa shape index (κ2) is 10.0. The van der Waals surface area contributed by atoms with E-state index in [-0.39, 0.29) is 36.4 Å². The van der Waals surface area contributed by atoms with Crippen LogP contribution in [0.5, 0.6) is 0 Å². The fraction of sp³-hybridized carbons (Fsp3) is 0.733. The molecule has 0 atom stereocenters. The molecular formula is C15H29IN4O. The van der Waals surface area contributed by atoms with Crippen LogP contribution in [0, 0.1) is 5.92 Å². The number of amides is 1. The number of hydrogen-bond donors (Lipinski definition) is 1. The van der Waals surface area contributed by atoms with Gasteiger partial charge < -0.3 is 15.1 Å². The predicted octanol–water partition coefficient (Wildman–Crippen LogP) is 1.95. The van der Waals surface area contributed by atoms with Crippen LogP contribution in [-0.4, -0.2) is 61.9 Å². The second-order valence-corrected chi connectivity index (χ2v) is 5.91. The summed E-state index contributed by atoms with van der Waals surface area (Å²) in [5, 5.41) is 3.30. The Morgan fingerprint density at radius 1 is 1.38 bits per heavy atom. The van der Waals surface area contributed by atoms with Gasteiger partial charge in [-0.25, -0.2) is 4.99 Å². The van der Waals surface area contributed by atoms with Gasteiger partial charge in [-0.15, -0.1) is 24.0 Å². The third-order valence-corrected chi connectivity index (χ3v) is 3.49. The standard InChI is InChI=1S/C15H28N4O.HI/c1-12(2)10-16-15(17-11-14(20)18(4)5)19-8-6-13(3)7-9-19;/h13H,1,6-11H2,2-5H3,(H,16,17);1H. The van der Waals surface area contributed by atoms with Gasteiger partial charge in [-0.3, -0.25) is 4.79 Å². The highest BCUT2D eigenvalue weighted by Crippen LogP contribution is 2.15. The number of rotatable bonds is 4. The number of nitrogens with zero attached hydrogens (tertiary/aromatic N) is 3. The van der Waals surface area contributed by atoms with E-state index in [1.165, 1.54) is 12.8 Å². The third kappa shape index (κ3) is 7.68. The van der Waals surface area contributed by atoms with Crippen LogP contribution in [0.3, 0.4) is 0 Å². The van der Waals surface area contributed by atoms with Crippen molar-refractivity contribution in [2.75, 3.05) is 40.3 Å².